The van der Waals surface area contributed by atoms with E-state index in [-0.39, 0.29) is 11.8 Å². The molecular weight excluding hydrogens is 328 g/mol. The molecular formula is C20H22N4O2. The average molecular weight is 350 g/mol. The SMILES string of the molecule is COc1ccc2[nH]cc(C(=O)N3CCC[C@H](c4ccnc(C)n4)C3)c2c1. The lowest BCUT2D eigenvalue weighted by Crippen LogP contribution is -2.39. The Balaban J connectivity index is 1.60. The van der Waals surface area contributed by atoms with E-state index in [9.17, 15) is 4.79 Å². The number of ether oxygens (including phenoxy) is 1. The first-order chi connectivity index (χ1) is 12.7. The van der Waals surface area contributed by atoms with Gasteiger partial charge in [0.25, 0.3) is 5.91 Å². The number of likely N-dealkylation sites (tertiary alicyclic amines) is 1. The van der Waals surface area contributed by atoms with Crippen LogP contribution in [0.25, 0.3) is 10.9 Å². The number of fused-ring (bicyclic) bond motifs is 1. The lowest BCUT2D eigenvalue weighted by Gasteiger charge is -2.32. The standard InChI is InChI=1S/C20H22N4O2/c1-13-21-8-7-18(23-13)14-4-3-9-24(12-14)20(25)17-11-22-19-6-5-15(26-2)10-16(17)19/h5-8,10-11,14,22H,3-4,9,12H2,1-2H3/t14-/m0/s1. The van der Waals surface area contributed by atoms with Crippen LogP contribution in [0.4, 0.5) is 0 Å². The Bertz CT molecular complexity index is 950. The van der Waals surface area contributed by atoms with Crippen molar-refractivity contribution in [2.24, 2.45) is 0 Å². The van der Waals surface area contributed by atoms with Crippen LogP contribution in [-0.2, 0) is 0 Å². The zero-order valence-electron chi connectivity index (χ0n) is 15.0. The van der Waals surface area contributed by atoms with E-state index in [0.717, 1.165) is 47.6 Å². The highest BCUT2D eigenvalue weighted by molar-refractivity contribution is 6.07. The van der Waals surface area contributed by atoms with Gasteiger partial charge in [-0.05, 0) is 44.0 Å². The topological polar surface area (TPSA) is 71.1 Å². The number of carbonyl (C=O) groups is 1. The van der Waals surface area contributed by atoms with Crippen LogP contribution in [0.1, 0.15) is 40.6 Å². The first-order valence-corrected chi connectivity index (χ1v) is 8.89. The third-order valence-electron chi connectivity index (χ3n) is 5.04. The maximum atomic E-state index is 13.2. The first-order valence-electron chi connectivity index (χ1n) is 8.89. The molecule has 6 nitrogen and oxygen atoms in total. The van der Waals surface area contributed by atoms with Crippen molar-refractivity contribution in [3.63, 3.8) is 0 Å². The summed E-state index contributed by atoms with van der Waals surface area (Å²) in [4.78, 5) is 27.0. The predicted molar refractivity (Wildman–Crippen MR) is 99.5 cm³/mol. The number of carbonyl (C=O) groups excluding carboxylic acids is 1. The summed E-state index contributed by atoms with van der Waals surface area (Å²) in [7, 11) is 1.63. The molecule has 1 aromatic carbocycles. The van der Waals surface area contributed by atoms with Crippen molar-refractivity contribution in [2.75, 3.05) is 20.2 Å². The van der Waals surface area contributed by atoms with Crippen molar-refractivity contribution >= 4 is 16.8 Å². The molecule has 0 spiro atoms. The van der Waals surface area contributed by atoms with Gasteiger partial charge in [0.2, 0.25) is 0 Å². The van der Waals surface area contributed by atoms with E-state index in [4.69, 9.17) is 4.74 Å². The molecule has 1 aliphatic rings. The number of nitrogens with one attached hydrogen (secondary N) is 1. The molecule has 1 N–H and O–H groups in total. The van der Waals surface area contributed by atoms with Crippen LogP contribution in [0.3, 0.4) is 0 Å². The maximum Gasteiger partial charge on any atom is 0.256 e. The molecule has 0 unspecified atom stereocenters. The highest BCUT2D eigenvalue weighted by atomic mass is 16.5. The van der Waals surface area contributed by atoms with E-state index in [1.165, 1.54) is 0 Å². The van der Waals surface area contributed by atoms with Gasteiger partial charge in [-0.3, -0.25) is 4.79 Å². The van der Waals surface area contributed by atoms with Gasteiger partial charge < -0.3 is 14.6 Å². The highest BCUT2D eigenvalue weighted by Crippen LogP contribution is 2.29. The molecule has 134 valence electrons. The molecule has 6 heteroatoms. The number of methoxy groups -OCH3 is 1. The third-order valence-corrected chi connectivity index (χ3v) is 5.04. The lowest BCUT2D eigenvalue weighted by molar-refractivity contribution is 0.0708. The van der Waals surface area contributed by atoms with Gasteiger partial charge in [-0.2, -0.15) is 0 Å². The lowest BCUT2D eigenvalue weighted by atomic mass is 9.94. The number of aromatic amines is 1. The molecule has 3 aromatic rings. The van der Waals surface area contributed by atoms with E-state index in [2.05, 4.69) is 15.0 Å². The molecule has 0 radical (unpaired) electrons. The van der Waals surface area contributed by atoms with E-state index in [1.54, 1.807) is 19.5 Å². The van der Waals surface area contributed by atoms with Crippen molar-refractivity contribution < 1.29 is 9.53 Å². The number of aromatic nitrogens is 3. The predicted octanol–water partition coefficient (Wildman–Crippen LogP) is 3.29. The molecule has 4 rings (SSSR count). The summed E-state index contributed by atoms with van der Waals surface area (Å²) < 4.78 is 5.31. The van der Waals surface area contributed by atoms with Crippen LogP contribution < -0.4 is 4.74 Å². The second-order valence-corrected chi connectivity index (χ2v) is 6.73. The largest absolute Gasteiger partial charge is 0.497 e. The van der Waals surface area contributed by atoms with Gasteiger partial charge in [0.1, 0.15) is 11.6 Å². The zero-order valence-corrected chi connectivity index (χ0v) is 15.0. The number of nitrogens with zero attached hydrogens (tertiary/aromatic N) is 3. The van der Waals surface area contributed by atoms with Gasteiger partial charge in [0.15, 0.2) is 0 Å². The molecule has 1 aliphatic heterocycles. The molecule has 3 heterocycles. The fourth-order valence-corrected chi connectivity index (χ4v) is 3.68. The van der Waals surface area contributed by atoms with Crippen molar-refractivity contribution in [3.05, 3.63) is 53.7 Å². The van der Waals surface area contributed by atoms with Crippen molar-refractivity contribution in [2.45, 2.75) is 25.7 Å². The molecule has 2 aromatic heterocycles. The Morgan fingerprint density at radius 1 is 1.35 bits per heavy atom. The summed E-state index contributed by atoms with van der Waals surface area (Å²) in [6.07, 6.45) is 5.61. The number of hydrogen-bond donors (Lipinski definition) is 1. The Labute approximate surface area is 152 Å². The van der Waals surface area contributed by atoms with Gasteiger partial charge in [-0.15, -0.1) is 0 Å². The minimum absolute atomic E-state index is 0.0555. The third kappa shape index (κ3) is 3.03. The minimum atomic E-state index is 0.0555. The van der Waals surface area contributed by atoms with Crippen molar-refractivity contribution in [3.8, 4) is 5.75 Å². The summed E-state index contributed by atoms with van der Waals surface area (Å²) in [6, 6.07) is 7.70. The number of piperidine rings is 1. The number of hydrogen-bond acceptors (Lipinski definition) is 4. The summed E-state index contributed by atoms with van der Waals surface area (Å²) in [6.45, 7) is 3.36. The fraction of sp³-hybridized carbons (Fsp3) is 0.350. The Morgan fingerprint density at radius 2 is 2.23 bits per heavy atom. The van der Waals surface area contributed by atoms with Crippen LogP contribution in [-0.4, -0.2) is 46.0 Å². The molecule has 1 saturated heterocycles. The van der Waals surface area contributed by atoms with Crippen LogP contribution in [0.2, 0.25) is 0 Å². The number of H-pyrrole nitrogens is 1. The number of aryl methyl sites for hydroxylation is 1. The van der Waals surface area contributed by atoms with Crippen LogP contribution >= 0.6 is 0 Å². The summed E-state index contributed by atoms with van der Waals surface area (Å²) >= 11 is 0. The number of benzene rings is 1. The second-order valence-electron chi connectivity index (χ2n) is 6.73. The van der Waals surface area contributed by atoms with E-state index < -0.39 is 0 Å². The monoisotopic (exact) mass is 350 g/mol. The van der Waals surface area contributed by atoms with E-state index in [0.29, 0.717) is 12.1 Å². The Morgan fingerprint density at radius 3 is 3.04 bits per heavy atom. The number of amides is 1. The van der Waals surface area contributed by atoms with Crippen LogP contribution in [0.5, 0.6) is 5.75 Å². The number of rotatable bonds is 3. The molecule has 1 atom stereocenters. The smallest absolute Gasteiger partial charge is 0.256 e. The summed E-state index contributed by atoms with van der Waals surface area (Å²) in [5.74, 6) is 1.84. The first kappa shape index (κ1) is 16.6. The van der Waals surface area contributed by atoms with Crippen molar-refractivity contribution in [1.29, 1.82) is 0 Å². The average Bonchev–Trinajstić information content (AvgIpc) is 3.10. The maximum absolute atomic E-state index is 13.2. The van der Waals surface area contributed by atoms with E-state index in [1.807, 2.05) is 36.1 Å². The summed E-state index contributed by atoms with van der Waals surface area (Å²) in [5.41, 5.74) is 2.66. The second kappa shape index (κ2) is 6.78. The minimum Gasteiger partial charge on any atom is -0.497 e. The van der Waals surface area contributed by atoms with Gasteiger partial charge in [-0.25, -0.2) is 9.97 Å². The molecule has 0 bridgehead atoms. The quantitative estimate of drug-likeness (QED) is 0.787. The molecule has 26 heavy (non-hydrogen) atoms. The molecule has 1 fully saturated rings. The molecule has 0 saturated carbocycles. The van der Waals surface area contributed by atoms with Gasteiger partial charge in [0.05, 0.1) is 12.7 Å². The van der Waals surface area contributed by atoms with Crippen LogP contribution in [0, 0.1) is 6.92 Å². The van der Waals surface area contributed by atoms with Gasteiger partial charge in [-0.1, -0.05) is 0 Å². The van der Waals surface area contributed by atoms with E-state index >= 15 is 0 Å². The highest BCUT2D eigenvalue weighted by Gasteiger charge is 2.27. The fourth-order valence-electron chi connectivity index (χ4n) is 3.68. The molecule has 1 amide bonds. The normalized spacial score (nSPS) is 17.5. The van der Waals surface area contributed by atoms with Gasteiger partial charge in [0, 0.05) is 48.0 Å². The summed E-state index contributed by atoms with van der Waals surface area (Å²) in [5, 5.41) is 0.898. The Kier molecular flexibility index (Phi) is 4.32. The molecule has 0 aliphatic carbocycles. The Hall–Kier alpha value is -2.89. The van der Waals surface area contributed by atoms with Crippen molar-refractivity contribution in [1.82, 2.24) is 19.9 Å². The van der Waals surface area contributed by atoms with Crippen LogP contribution in [0.15, 0.2) is 36.7 Å². The van der Waals surface area contributed by atoms with Gasteiger partial charge >= 0.3 is 0 Å². The zero-order chi connectivity index (χ0) is 18.1.